The van der Waals surface area contributed by atoms with Crippen molar-refractivity contribution in [3.8, 4) is 11.1 Å². The second-order valence-corrected chi connectivity index (χ2v) is 13.4. The lowest BCUT2D eigenvalue weighted by Gasteiger charge is -2.24. The normalized spacial score (nSPS) is 14.7. The first-order chi connectivity index (χ1) is 25.7. The first kappa shape index (κ1) is 28.8. The van der Waals surface area contributed by atoms with Crippen molar-refractivity contribution in [3.63, 3.8) is 0 Å². The lowest BCUT2D eigenvalue weighted by Crippen LogP contribution is -2.33. The molecule has 1 aliphatic rings. The van der Waals surface area contributed by atoms with Gasteiger partial charge in [-0.15, -0.1) is 0 Å². The maximum atomic E-state index is 6.56. The fourth-order valence-corrected chi connectivity index (χ4v) is 7.86. The van der Waals surface area contributed by atoms with Gasteiger partial charge in [0.05, 0.1) is 0 Å². The maximum absolute atomic E-state index is 6.56. The van der Waals surface area contributed by atoms with Gasteiger partial charge in [-0.05, 0) is 74.6 Å². The zero-order chi connectivity index (χ0) is 34.2. The first-order valence-electron chi connectivity index (χ1n) is 17.5. The van der Waals surface area contributed by atoms with Crippen LogP contribution in [0, 0.1) is 0 Å². The quantitative estimate of drug-likeness (QED) is 0.190. The van der Waals surface area contributed by atoms with Crippen molar-refractivity contribution in [2.24, 2.45) is 9.98 Å². The minimum absolute atomic E-state index is 0.338. The van der Waals surface area contributed by atoms with Crippen LogP contribution in [0.1, 0.15) is 22.9 Å². The molecule has 5 nitrogen and oxygen atoms in total. The summed E-state index contributed by atoms with van der Waals surface area (Å²) >= 11 is 0. The molecule has 244 valence electrons. The van der Waals surface area contributed by atoms with Gasteiger partial charge in [-0.25, -0.2) is 9.98 Å². The standard InChI is InChI=1S/C47H29N3O2/c1-2-11-30(12-3-1)45-48-46(32-23-22-29-21-20-28-10-4-5-13-33(28)38(29)26-32)50-47(49-45)37-16-9-19-41-44(37)43-34(15-8-18-40(43)52-41)31-24-25-36-35-14-6-7-17-39(35)51-42(36)27-31/h1-27,45H,(H,48,49,50). The number of benzene rings is 8. The molecule has 5 heteroatoms. The SMILES string of the molecule is c1ccc(C2N=C(c3ccc4ccc5ccccc5c4c3)N=C(c3cccc4oc5cccc(-c6ccc7c(c6)oc6ccccc67)c5c34)N2)cc1. The van der Waals surface area contributed by atoms with Crippen molar-refractivity contribution in [1.29, 1.82) is 0 Å². The Hall–Kier alpha value is -6.98. The predicted molar refractivity (Wildman–Crippen MR) is 213 cm³/mol. The van der Waals surface area contributed by atoms with E-state index in [2.05, 4.69) is 127 Å². The van der Waals surface area contributed by atoms with Crippen LogP contribution < -0.4 is 5.32 Å². The smallest absolute Gasteiger partial charge is 0.159 e. The number of furan rings is 2. The molecule has 0 bridgehead atoms. The second kappa shape index (κ2) is 11.3. The molecule has 1 aliphatic heterocycles. The lowest BCUT2D eigenvalue weighted by atomic mass is 9.96. The molecular weight excluding hydrogens is 639 g/mol. The number of hydrogen-bond donors (Lipinski definition) is 1. The van der Waals surface area contributed by atoms with Crippen molar-refractivity contribution < 1.29 is 8.83 Å². The molecule has 0 saturated carbocycles. The summed E-state index contributed by atoms with van der Waals surface area (Å²) in [5.74, 6) is 1.42. The summed E-state index contributed by atoms with van der Waals surface area (Å²) in [6.07, 6.45) is -0.338. The summed E-state index contributed by atoms with van der Waals surface area (Å²) < 4.78 is 12.9. The largest absolute Gasteiger partial charge is 0.456 e. The molecule has 0 amide bonds. The monoisotopic (exact) mass is 667 g/mol. The highest BCUT2D eigenvalue weighted by atomic mass is 16.3. The second-order valence-electron chi connectivity index (χ2n) is 13.4. The van der Waals surface area contributed by atoms with Crippen LogP contribution in [0.25, 0.3) is 76.5 Å². The number of aliphatic imine (C=N–C) groups is 2. The zero-order valence-electron chi connectivity index (χ0n) is 27.9. The van der Waals surface area contributed by atoms with Crippen LogP contribution in [0.2, 0.25) is 0 Å². The third-order valence-electron chi connectivity index (χ3n) is 10.3. The van der Waals surface area contributed by atoms with Crippen LogP contribution >= 0.6 is 0 Å². The van der Waals surface area contributed by atoms with Gasteiger partial charge in [-0.2, -0.15) is 0 Å². The van der Waals surface area contributed by atoms with E-state index in [-0.39, 0.29) is 6.17 Å². The average molecular weight is 668 g/mol. The van der Waals surface area contributed by atoms with E-state index in [0.29, 0.717) is 5.84 Å². The van der Waals surface area contributed by atoms with Gasteiger partial charge in [-0.3, -0.25) is 0 Å². The van der Waals surface area contributed by atoms with E-state index in [1.165, 1.54) is 21.5 Å². The average Bonchev–Trinajstić information content (AvgIpc) is 3.79. The molecule has 3 heterocycles. The summed E-state index contributed by atoms with van der Waals surface area (Å²) in [4.78, 5) is 10.5. The van der Waals surface area contributed by atoms with E-state index in [1.807, 2.05) is 42.5 Å². The third kappa shape index (κ3) is 4.49. The van der Waals surface area contributed by atoms with Crippen LogP contribution in [-0.4, -0.2) is 11.7 Å². The minimum atomic E-state index is -0.338. The molecule has 0 fully saturated rings. The van der Waals surface area contributed by atoms with Gasteiger partial charge < -0.3 is 14.2 Å². The highest BCUT2D eigenvalue weighted by Crippen LogP contribution is 2.41. The van der Waals surface area contributed by atoms with Gasteiger partial charge in [0.1, 0.15) is 34.3 Å². The van der Waals surface area contributed by atoms with E-state index < -0.39 is 0 Å². The third-order valence-corrected chi connectivity index (χ3v) is 10.3. The number of rotatable bonds is 4. The highest BCUT2D eigenvalue weighted by Gasteiger charge is 2.25. The van der Waals surface area contributed by atoms with Crippen molar-refractivity contribution >= 4 is 77.1 Å². The van der Waals surface area contributed by atoms with Gasteiger partial charge in [0.2, 0.25) is 0 Å². The molecule has 8 aromatic carbocycles. The van der Waals surface area contributed by atoms with Gasteiger partial charge in [0.25, 0.3) is 0 Å². The maximum Gasteiger partial charge on any atom is 0.159 e. The van der Waals surface area contributed by atoms with Crippen LogP contribution in [0.5, 0.6) is 0 Å². The van der Waals surface area contributed by atoms with E-state index in [4.69, 9.17) is 18.8 Å². The Labute approximate surface area is 298 Å². The molecule has 1 atom stereocenters. The molecule has 0 saturated heterocycles. The number of amidine groups is 2. The number of para-hydroxylation sites is 1. The van der Waals surface area contributed by atoms with Gasteiger partial charge >= 0.3 is 0 Å². The van der Waals surface area contributed by atoms with E-state index in [0.717, 1.165) is 77.5 Å². The molecule has 11 rings (SSSR count). The lowest BCUT2D eigenvalue weighted by molar-refractivity contribution is 0.667. The Morgan fingerprint density at radius 1 is 0.442 bits per heavy atom. The van der Waals surface area contributed by atoms with Crippen molar-refractivity contribution in [2.75, 3.05) is 0 Å². The molecule has 1 N–H and O–H groups in total. The van der Waals surface area contributed by atoms with Gasteiger partial charge in [-0.1, -0.05) is 127 Å². The molecule has 2 aromatic heterocycles. The van der Waals surface area contributed by atoms with Crippen molar-refractivity contribution in [1.82, 2.24) is 5.32 Å². The van der Waals surface area contributed by atoms with Crippen molar-refractivity contribution in [3.05, 3.63) is 180 Å². The molecule has 0 aliphatic carbocycles. The van der Waals surface area contributed by atoms with Crippen LogP contribution in [-0.2, 0) is 0 Å². The fourth-order valence-electron chi connectivity index (χ4n) is 7.86. The zero-order valence-corrected chi connectivity index (χ0v) is 27.9. The molecule has 1 unspecified atom stereocenters. The number of hydrogen-bond acceptors (Lipinski definition) is 5. The summed E-state index contributed by atoms with van der Waals surface area (Å²) in [5, 5.41) is 12.7. The number of nitrogens with zero attached hydrogens (tertiary/aromatic N) is 2. The predicted octanol–water partition coefficient (Wildman–Crippen LogP) is 12.0. The Morgan fingerprint density at radius 2 is 1.08 bits per heavy atom. The summed E-state index contributed by atoms with van der Waals surface area (Å²) in [6.45, 7) is 0. The molecule has 10 aromatic rings. The van der Waals surface area contributed by atoms with Crippen LogP contribution in [0.4, 0.5) is 0 Å². The summed E-state index contributed by atoms with van der Waals surface area (Å²) in [5.41, 5.74) is 8.46. The first-order valence-corrected chi connectivity index (χ1v) is 17.5. The van der Waals surface area contributed by atoms with E-state index in [9.17, 15) is 0 Å². The van der Waals surface area contributed by atoms with E-state index >= 15 is 0 Å². The summed E-state index contributed by atoms with van der Waals surface area (Å²) in [7, 11) is 0. The summed E-state index contributed by atoms with van der Waals surface area (Å²) in [6, 6.07) is 56.9. The topological polar surface area (TPSA) is 63.0 Å². The minimum Gasteiger partial charge on any atom is -0.456 e. The van der Waals surface area contributed by atoms with Crippen LogP contribution in [0.3, 0.4) is 0 Å². The van der Waals surface area contributed by atoms with Crippen molar-refractivity contribution in [2.45, 2.75) is 6.17 Å². The Bertz CT molecular complexity index is 3110. The number of nitrogens with one attached hydrogen (secondary N) is 1. The van der Waals surface area contributed by atoms with Gasteiger partial charge in [0.15, 0.2) is 5.84 Å². The fraction of sp³-hybridized carbons (Fsp3) is 0.0213. The highest BCUT2D eigenvalue weighted by molar-refractivity contribution is 6.24. The van der Waals surface area contributed by atoms with Crippen LogP contribution in [0.15, 0.2) is 183 Å². The Kier molecular flexibility index (Phi) is 6.25. The Morgan fingerprint density at radius 3 is 1.94 bits per heavy atom. The van der Waals surface area contributed by atoms with E-state index in [1.54, 1.807) is 0 Å². The van der Waals surface area contributed by atoms with Gasteiger partial charge in [0, 0.05) is 32.7 Å². The molecule has 0 radical (unpaired) electrons. The Balaban J connectivity index is 1.12. The number of fused-ring (bicyclic) bond motifs is 9. The molecular formula is C47H29N3O2. The molecule has 0 spiro atoms. The molecule has 52 heavy (non-hydrogen) atoms.